The highest BCUT2D eigenvalue weighted by Gasteiger charge is 2.31. The van der Waals surface area contributed by atoms with Crippen LogP contribution >= 0.6 is 0 Å². The highest BCUT2D eigenvalue weighted by molar-refractivity contribution is 5.90. The highest BCUT2D eigenvalue weighted by Crippen LogP contribution is 2.31. The van der Waals surface area contributed by atoms with Crippen molar-refractivity contribution in [1.29, 1.82) is 0 Å². The number of urea groups is 1. The summed E-state index contributed by atoms with van der Waals surface area (Å²) in [6.07, 6.45) is 1.64. The van der Waals surface area contributed by atoms with Crippen molar-refractivity contribution in [3.63, 3.8) is 0 Å². The van der Waals surface area contributed by atoms with Gasteiger partial charge in [-0.2, -0.15) is 5.10 Å². The molecule has 1 saturated heterocycles. The van der Waals surface area contributed by atoms with Crippen LogP contribution in [-0.2, 0) is 10.2 Å². The lowest BCUT2D eigenvalue weighted by Gasteiger charge is -2.33. The summed E-state index contributed by atoms with van der Waals surface area (Å²) in [6, 6.07) is 9.63. The Bertz CT molecular complexity index is 912. The molecular formula is C23H33N5O2. The van der Waals surface area contributed by atoms with Gasteiger partial charge >= 0.3 is 6.03 Å². The van der Waals surface area contributed by atoms with Crippen LogP contribution in [0.25, 0.3) is 5.69 Å². The second-order valence-corrected chi connectivity index (χ2v) is 9.27. The van der Waals surface area contributed by atoms with E-state index in [-0.39, 0.29) is 23.3 Å². The lowest BCUT2D eigenvalue weighted by Crippen LogP contribution is -2.46. The van der Waals surface area contributed by atoms with Crippen LogP contribution in [-0.4, -0.2) is 58.7 Å². The molecule has 1 unspecified atom stereocenters. The molecule has 1 fully saturated rings. The van der Waals surface area contributed by atoms with Crippen LogP contribution in [0.3, 0.4) is 0 Å². The van der Waals surface area contributed by atoms with E-state index in [2.05, 4.69) is 26.1 Å². The lowest BCUT2D eigenvalue weighted by atomic mass is 9.90. The zero-order valence-corrected chi connectivity index (χ0v) is 18.9. The number of nitrogens with one attached hydrogen (secondary N) is 1. The monoisotopic (exact) mass is 411 g/mol. The Kier molecular flexibility index (Phi) is 6.19. The smallest absolute Gasteiger partial charge is 0.323 e. The van der Waals surface area contributed by atoms with E-state index in [0.717, 1.165) is 29.8 Å². The third-order valence-electron chi connectivity index (χ3n) is 5.56. The Morgan fingerprint density at radius 3 is 2.43 bits per heavy atom. The summed E-state index contributed by atoms with van der Waals surface area (Å²) in [5, 5.41) is 7.93. The number of likely N-dealkylation sites (tertiary alicyclic amines) is 1. The van der Waals surface area contributed by atoms with Crippen molar-refractivity contribution in [1.82, 2.24) is 19.6 Å². The van der Waals surface area contributed by atoms with Gasteiger partial charge in [-0.3, -0.25) is 10.1 Å². The number of hydrogen-bond acceptors (Lipinski definition) is 3. The predicted octanol–water partition coefficient (Wildman–Crippen LogP) is 3.81. The van der Waals surface area contributed by atoms with E-state index in [1.807, 2.05) is 37.3 Å². The van der Waals surface area contributed by atoms with Gasteiger partial charge < -0.3 is 9.80 Å². The van der Waals surface area contributed by atoms with E-state index in [1.165, 1.54) is 0 Å². The molecule has 1 atom stereocenters. The largest absolute Gasteiger partial charge is 0.349 e. The van der Waals surface area contributed by atoms with Crippen molar-refractivity contribution in [2.75, 3.05) is 32.5 Å². The summed E-state index contributed by atoms with van der Waals surface area (Å²) >= 11 is 0. The van der Waals surface area contributed by atoms with Crippen molar-refractivity contribution >= 4 is 17.8 Å². The highest BCUT2D eigenvalue weighted by atomic mass is 16.2. The zero-order valence-electron chi connectivity index (χ0n) is 18.9. The molecule has 2 heterocycles. The Labute approximate surface area is 179 Å². The van der Waals surface area contributed by atoms with Crippen LogP contribution in [0.5, 0.6) is 0 Å². The number of piperidine rings is 1. The van der Waals surface area contributed by atoms with Gasteiger partial charge in [-0.25, -0.2) is 9.48 Å². The number of aromatic nitrogens is 2. The number of rotatable bonds is 3. The summed E-state index contributed by atoms with van der Waals surface area (Å²) in [6.45, 7) is 9.43. The first-order chi connectivity index (χ1) is 14.1. The van der Waals surface area contributed by atoms with Crippen molar-refractivity contribution in [3.05, 3.63) is 41.6 Å². The molecule has 1 aromatic heterocycles. The first-order valence-electron chi connectivity index (χ1n) is 10.5. The van der Waals surface area contributed by atoms with Gasteiger partial charge in [0.1, 0.15) is 5.82 Å². The number of hydrogen-bond donors (Lipinski definition) is 1. The maximum absolute atomic E-state index is 13.1. The Morgan fingerprint density at radius 2 is 1.83 bits per heavy atom. The molecule has 2 aromatic rings. The molecule has 7 heteroatoms. The number of anilines is 1. The maximum Gasteiger partial charge on any atom is 0.323 e. The van der Waals surface area contributed by atoms with Gasteiger partial charge in [0.2, 0.25) is 5.91 Å². The molecule has 0 bridgehead atoms. The zero-order chi connectivity index (χ0) is 22.1. The van der Waals surface area contributed by atoms with Gasteiger partial charge in [0, 0.05) is 38.2 Å². The second-order valence-electron chi connectivity index (χ2n) is 9.27. The van der Waals surface area contributed by atoms with Crippen LogP contribution < -0.4 is 5.32 Å². The van der Waals surface area contributed by atoms with Crippen molar-refractivity contribution in [2.24, 2.45) is 5.92 Å². The van der Waals surface area contributed by atoms with Gasteiger partial charge in [-0.1, -0.05) is 39.0 Å². The van der Waals surface area contributed by atoms with Gasteiger partial charge in [-0.15, -0.1) is 0 Å². The number of carbonyl (C=O) groups is 2. The summed E-state index contributed by atoms with van der Waals surface area (Å²) in [4.78, 5) is 28.9. The van der Waals surface area contributed by atoms with E-state index in [4.69, 9.17) is 5.10 Å². The molecule has 1 aliphatic rings. The first-order valence-corrected chi connectivity index (χ1v) is 10.5. The second kappa shape index (κ2) is 8.50. The number of amides is 3. The van der Waals surface area contributed by atoms with Crippen LogP contribution in [0.2, 0.25) is 0 Å². The number of carbonyl (C=O) groups excluding carboxylic acids is 2. The Morgan fingerprint density at radius 1 is 1.17 bits per heavy atom. The van der Waals surface area contributed by atoms with Gasteiger partial charge in [-0.05, 0) is 31.9 Å². The maximum atomic E-state index is 13.1. The molecular weight excluding hydrogens is 378 g/mol. The number of nitrogens with zero attached hydrogens (tertiary/aromatic N) is 4. The molecule has 162 valence electrons. The standard InChI is InChI=1S/C23H33N5O2/c1-16-19(23(2,3)4)25-28(18-12-8-7-9-13-18)20(16)24-22(30)27-14-10-11-17(15-27)21(29)26(5)6/h7-9,12-13,17H,10-11,14-15H2,1-6H3,(H,24,30). The molecule has 0 radical (unpaired) electrons. The molecule has 1 aliphatic heterocycles. The first kappa shape index (κ1) is 21.9. The summed E-state index contributed by atoms with van der Waals surface area (Å²) < 4.78 is 1.81. The van der Waals surface area contributed by atoms with Crippen LogP contribution in [0.4, 0.5) is 10.6 Å². The average Bonchev–Trinajstić information content (AvgIpc) is 3.04. The summed E-state index contributed by atoms with van der Waals surface area (Å²) in [5.41, 5.74) is 2.64. The molecule has 0 saturated carbocycles. The van der Waals surface area contributed by atoms with Crippen LogP contribution in [0.1, 0.15) is 44.9 Å². The van der Waals surface area contributed by atoms with E-state index >= 15 is 0 Å². The van der Waals surface area contributed by atoms with E-state index in [1.54, 1.807) is 28.6 Å². The van der Waals surface area contributed by atoms with Crippen molar-refractivity contribution in [3.8, 4) is 5.69 Å². The Balaban J connectivity index is 1.89. The molecule has 30 heavy (non-hydrogen) atoms. The minimum atomic E-state index is -0.188. The van der Waals surface area contributed by atoms with Gasteiger partial charge in [0.05, 0.1) is 17.3 Å². The molecule has 1 N–H and O–H groups in total. The normalized spacial score (nSPS) is 17.0. The van der Waals surface area contributed by atoms with E-state index in [9.17, 15) is 9.59 Å². The van der Waals surface area contributed by atoms with Crippen molar-refractivity contribution in [2.45, 2.75) is 46.0 Å². The van der Waals surface area contributed by atoms with Gasteiger partial charge in [0.15, 0.2) is 0 Å². The minimum absolute atomic E-state index is 0.0769. The number of para-hydroxylation sites is 1. The third kappa shape index (κ3) is 4.50. The fraction of sp³-hybridized carbons (Fsp3) is 0.522. The van der Waals surface area contributed by atoms with E-state index < -0.39 is 0 Å². The molecule has 7 nitrogen and oxygen atoms in total. The lowest BCUT2D eigenvalue weighted by molar-refractivity contribution is -0.134. The van der Waals surface area contributed by atoms with Crippen LogP contribution in [0, 0.1) is 12.8 Å². The average molecular weight is 412 g/mol. The van der Waals surface area contributed by atoms with Gasteiger partial charge in [0.25, 0.3) is 0 Å². The summed E-state index contributed by atoms with van der Waals surface area (Å²) in [7, 11) is 3.52. The SMILES string of the molecule is Cc1c(C(C)(C)C)nn(-c2ccccc2)c1NC(=O)N1CCCC(C(=O)N(C)C)C1. The molecule has 0 aliphatic carbocycles. The fourth-order valence-electron chi connectivity index (χ4n) is 4.02. The fourth-order valence-corrected chi connectivity index (χ4v) is 4.02. The molecule has 0 spiro atoms. The number of benzene rings is 1. The van der Waals surface area contributed by atoms with Crippen molar-refractivity contribution < 1.29 is 9.59 Å². The molecule has 1 aromatic carbocycles. The molecule has 3 rings (SSSR count). The Hall–Kier alpha value is -2.83. The van der Waals surface area contributed by atoms with E-state index in [0.29, 0.717) is 18.9 Å². The quantitative estimate of drug-likeness (QED) is 0.835. The summed E-state index contributed by atoms with van der Waals surface area (Å²) in [5.74, 6) is 0.606. The predicted molar refractivity (Wildman–Crippen MR) is 119 cm³/mol. The molecule has 3 amide bonds. The minimum Gasteiger partial charge on any atom is -0.349 e. The van der Waals surface area contributed by atoms with Crippen LogP contribution in [0.15, 0.2) is 30.3 Å². The third-order valence-corrected chi connectivity index (χ3v) is 5.56. The topological polar surface area (TPSA) is 70.5 Å².